The van der Waals surface area contributed by atoms with Crippen LogP contribution in [-0.2, 0) is 14.3 Å². The number of imide groups is 2. The van der Waals surface area contributed by atoms with Gasteiger partial charge >= 0.3 is 0 Å². The molecular weight excluding hydrogens is 624 g/mol. The smallest absolute Gasteiger partial charge is 0.262 e. The number of allylic oxidation sites excluding steroid dienone is 1. The standard InChI is InChI=1S/C36H38N8O5/c37-15-21(31-17-40-29-6-4-24(14-30(29)41-31)43-18-26-13-25(43)19-49-26)16-39-23-10-20(11-23)2-1-9-38-22-3-5-27-28(12-22)36(48)44(35(27)47)32-7-8-33(45)42-34(32)46/h3-6,12,14-17,20,23,25-26,32,37-39H,1-2,7-11,13,18-19H2,(H,42,45,46)/b21-16+,37-15?/t20?,23?,25-,26?,32?/m1/s1. The van der Waals surface area contributed by atoms with Gasteiger partial charge in [-0.05, 0) is 80.8 Å². The number of nitrogens with zero attached hydrogens (tertiary/aromatic N) is 4. The van der Waals surface area contributed by atoms with Crippen LogP contribution in [-0.4, -0.2) is 88.6 Å². The Labute approximate surface area is 283 Å². The SMILES string of the molecule is N=C/C(=C\NC1CC(CCCNc2ccc3c(c2)C(=O)N(C2CCC(=O)NC2=O)C3=O)C1)c1cnc2ccc(N3CC4C[C@@H]3CO4)cc2n1. The molecule has 13 heteroatoms. The summed E-state index contributed by atoms with van der Waals surface area (Å²) in [5.74, 6) is -1.42. The first kappa shape index (κ1) is 31.1. The molecule has 13 nitrogen and oxygen atoms in total. The lowest BCUT2D eigenvalue weighted by atomic mass is 9.77. The Morgan fingerprint density at radius 3 is 2.67 bits per heavy atom. The normalized spacial score (nSPS) is 26.2. The molecule has 4 aliphatic heterocycles. The van der Waals surface area contributed by atoms with Gasteiger partial charge in [-0.3, -0.25) is 34.4 Å². The number of carbonyl (C=O) groups excluding carboxylic acids is 4. The zero-order valence-corrected chi connectivity index (χ0v) is 27.0. The highest BCUT2D eigenvalue weighted by atomic mass is 16.5. The molecule has 8 rings (SSSR count). The van der Waals surface area contributed by atoms with E-state index in [1.165, 1.54) is 6.21 Å². The molecule has 0 radical (unpaired) electrons. The quantitative estimate of drug-likeness (QED) is 0.136. The molecule has 3 atom stereocenters. The van der Waals surface area contributed by atoms with Crippen molar-refractivity contribution in [1.29, 1.82) is 5.41 Å². The summed E-state index contributed by atoms with van der Waals surface area (Å²) in [6.07, 6.45) is 10.6. The Hall–Kier alpha value is -5.17. The number of hydrogen-bond donors (Lipinski definition) is 4. The molecule has 1 saturated carbocycles. The summed E-state index contributed by atoms with van der Waals surface area (Å²) >= 11 is 0. The first-order chi connectivity index (χ1) is 23.8. The molecule has 2 unspecified atom stereocenters. The Balaban J connectivity index is 0.802. The van der Waals surface area contributed by atoms with Crippen LogP contribution < -0.4 is 20.9 Å². The van der Waals surface area contributed by atoms with Crippen LogP contribution in [0.25, 0.3) is 16.6 Å². The van der Waals surface area contributed by atoms with Gasteiger partial charge in [0.1, 0.15) is 6.04 Å². The molecule has 3 aromatic rings. The summed E-state index contributed by atoms with van der Waals surface area (Å²) in [6.45, 7) is 2.41. The summed E-state index contributed by atoms with van der Waals surface area (Å²) in [4.78, 5) is 62.7. The molecule has 4 amide bonds. The van der Waals surface area contributed by atoms with E-state index in [0.29, 0.717) is 35.4 Å². The number of benzene rings is 2. The van der Waals surface area contributed by atoms with E-state index in [9.17, 15) is 19.2 Å². The third-order valence-electron chi connectivity index (χ3n) is 10.5. The number of carbonyl (C=O) groups is 4. The summed E-state index contributed by atoms with van der Waals surface area (Å²) in [5.41, 5.74) is 5.44. The second-order valence-corrected chi connectivity index (χ2v) is 13.6. The molecule has 4 N–H and O–H groups in total. The number of amides is 4. The minimum atomic E-state index is -0.971. The average molecular weight is 663 g/mol. The van der Waals surface area contributed by atoms with Crippen LogP contribution in [0.3, 0.4) is 0 Å². The Kier molecular flexibility index (Phi) is 8.06. The van der Waals surface area contributed by atoms with Crippen molar-refractivity contribution < 1.29 is 23.9 Å². The predicted octanol–water partition coefficient (Wildman–Crippen LogP) is 3.26. The zero-order valence-electron chi connectivity index (χ0n) is 27.0. The molecule has 0 spiro atoms. The molecule has 49 heavy (non-hydrogen) atoms. The van der Waals surface area contributed by atoms with Gasteiger partial charge in [0.05, 0.1) is 52.8 Å². The Morgan fingerprint density at radius 1 is 1.04 bits per heavy atom. The lowest BCUT2D eigenvalue weighted by molar-refractivity contribution is -0.136. The van der Waals surface area contributed by atoms with Crippen LogP contribution in [0.5, 0.6) is 0 Å². The fourth-order valence-corrected chi connectivity index (χ4v) is 7.74. The van der Waals surface area contributed by atoms with Gasteiger partial charge in [0.2, 0.25) is 11.8 Å². The average Bonchev–Trinajstić information content (AvgIpc) is 3.79. The van der Waals surface area contributed by atoms with Crippen molar-refractivity contribution in [2.45, 2.75) is 69.2 Å². The molecule has 1 aromatic heterocycles. The molecule has 252 valence electrons. The number of fused-ring (bicyclic) bond motifs is 4. The van der Waals surface area contributed by atoms with Gasteiger partial charge in [0.15, 0.2) is 0 Å². The van der Waals surface area contributed by atoms with E-state index in [2.05, 4.69) is 38.0 Å². The maximum absolute atomic E-state index is 13.1. The first-order valence-corrected chi connectivity index (χ1v) is 17.1. The second kappa shape index (κ2) is 12.7. The van der Waals surface area contributed by atoms with Crippen LogP contribution in [0.1, 0.15) is 71.4 Å². The monoisotopic (exact) mass is 662 g/mol. The maximum atomic E-state index is 13.1. The molecule has 3 saturated heterocycles. The van der Waals surface area contributed by atoms with E-state index in [1.807, 2.05) is 12.3 Å². The van der Waals surface area contributed by atoms with E-state index in [-0.39, 0.29) is 24.0 Å². The van der Waals surface area contributed by atoms with Crippen molar-refractivity contribution in [3.8, 4) is 0 Å². The first-order valence-electron chi connectivity index (χ1n) is 17.1. The largest absolute Gasteiger partial charge is 0.388 e. The van der Waals surface area contributed by atoms with Crippen molar-refractivity contribution in [2.75, 3.05) is 29.9 Å². The summed E-state index contributed by atoms with van der Waals surface area (Å²) in [5, 5.41) is 17.1. The van der Waals surface area contributed by atoms with Gasteiger partial charge in [-0.25, -0.2) is 4.98 Å². The van der Waals surface area contributed by atoms with Crippen molar-refractivity contribution in [3.63, 3.8) is 0 Å². The second-order valence-electron chi connectivity index (χ2n) is 13.6. The Bertz CT molecular complexity index is 1910. The predicted molar refractivity (Wildman–Crippen MR) is 182 cm³/mol. The Morgan fingerprint density at radius 2 is 1.90 bits per heavy atom. The maximum Gasteiger partial charge on any atom is 0.262 e. The van der Waals surface area contributed by atoms with E-state index in [1.54, 1.807) is 24.4 Å². The summed E-state index contributed by atoms with van der Waals surface area (Å²) in [7, 11) is 0. The van der Waals surface area contributed by atoms with E-state index in [0.717, 1.165) is 79.1 Å². The van der Waals surface area contributed by atoms with Crippen molar-refractivity contribution >= 4 is 57.8 Å². The van der Waals surface area contributed by atoms with Crippen molar-refractivity contribution in [3.05, 3.63) is 65.6 Å². The lowest BCUT2D eigenvalue weighted by Crippen LogP contribution is -2.54. The van der Waals surface area contributed by atoms with Gasteiger partial charge in [-0.15, -0.1) is 0 Å². The van der Waals surface area contributed by atoms with Gasteiger partial charge in [-0.1, -0.05) is 0 Å². The summed E-state index contributed by atoms with van der Waals surface area (Å²) in [6, 6.07) is 11.1. The van der Waals surface area contributed by atoms with Gasteiger partial charge < -0.3 is 25.7 Å². The van der Waals surface area contributed by atoms with Gasteiger partial charge in [0, 0.05) is 54.9 Å². The van der Waals surface area contributed by atoms with Crippen molar-refractivity contribution in [2.24, 2.45) is 5.92 Å². The van der Waals surface area contributed by atoms with E-state index < -0.39 is 29.7 Å². The van der Waals surface area contributed by atoms with Crippen LogP contribution in [0.4, 0.5) is 11.4 Å². The fraction of sp³-hybridized carbons (Fsp3) is 0.417. The minimum Gasteiger partial charge on any atom is -0.388 e. The van der Waals surface area contributed by atoms with E-state index in [4.69, 9.17) is 15.1 Å². The molecule has 4 fully saturated rings. The van der Waals surface area contributed by atoms with Crippen LogP contribution in [0, 0.1) is 11.3 Å². The molecular formula is C36H38N8O5. The highest BCUT2D eigenvalue weighted by molar-refractivity contribution is 6.23. The van der Waals surface area contributed by atoms with Crippen LogP contribution >= 0.6 is 0 Å². The number of nitrogens with one attached hydrogen (secondary N) is 4. The van der Waals surface area contributed by atoms with Crippen molar-refractivity contribution in [1.82, 2.24) is 25.5 Å². The van der Waals surface area contributed by atoms with Gasteiger partial charge in [-0.2, -0.15) is 0 Å². The fourth-order valence-electron chi connectivity index (χ4n) is 7.74. The third-order valence-corrected chi connectivity index (χ3v) is 10.5. The lowest BCUT2D eigenvalue weighted by Gasteiger charge is -2.36. The molecule has 5 heterocycles. The van der Waals surface area contributed by atoms with Gasteiger partial charge in [0.25, 0.3) is 11.8 Å². The third kappa shape index (κ3) is 5.92. The minimum absolute atomic E-state index is 0.0912. The number of ether oxygens (including phenoxy) is 1. The number of morpholine rings is 1. The number of rotatable bonds is 11. The highest BCUT2D eigenvalue weighted by Gasteiger charge is 2.44. The number of aromatic nitrogens is 2. The van der Waals surface area contributed by atoms with Crippen LogP contribution in [0.2, 0.25) is 0 Å². The number of hydrogen-bond acceptors (Lipinski definition) is 11. The highest BCUT2D eigenvalue weighted by Crippen LogP contribution is 2.35. The number of anilines is 2. The molecule has 5 aliphatic rings. The topological polar surface area (TPSA) is 170 Å². The van der Waals surface area contributed by atoms with E-state index >= 15 is 0 Å². The summed E-state index contributed by atoms with van der Waals surface area (Å²) < 4.78 is 5.76. The molecule has 2 aromatic carbocycles. The zero-order chi connectivity index (χ0) is 33.6. The number of piperidine rings is 1. The molecule has 1 aliphatic carbocycles. The van der Waals surface area contributed by atoms with Crippen LogP contribution in [0.15, 0.2) is 48.8 Å². The molecule has 2 bridgehead atoms.